The Morgan fingerprint density at radius 1 is 0.733 bits per heavy atom. The van der Waals surface area contributed by atoms with E-state index in [2.05, 4.69) is 0 Å². The zero-order valence-corrected chi connectivity index (χ0v) is 18.3. The van der Waals surface area contributed by atoms with Gasteiger partial charge in [-0.2, -0.15) is 0 Å². The Kier molecular flexibility index (Phi) is 18.7. The van der Waals surface area contributed by atoms with E-state index >= 15 is 0 Å². The second kappa shape index (κ2) is 12.1. The van der Waals surface area contributed by atoms with Crippen molar-refractivity contribution in [3.8, 4) is 0 Å². The molecule has 0 aliphatic carbocycles. The van der Waals surface area contributed by atoms with Crippen molar-refractivity contribution in [2.45, 2.75) is 0 Å². The molecule has 0 fully saturated rings. The van der Waals surface area contributed by atoms with Gasteiger partial charge in [0.05, 0.1) is 11.9 Å². The van der Waals surface area contributed by atoms with Crippen LogP contribution in [0, 0.1) is 0 Å². The van der Waals surface area contributed by atoms with Crippen LogP contribution in [0.15, 0.2) is 24.3 Å². The number of carbonyl (C=O) groups excluding carboxylic acids is 2. The quantitative estimate of drug-likeness (QED) is 0.504. The van der Waals surface area contributed by atoms with Crippen molar-refractivity contribution in [1.82, 2.24) is 0 Å². The van der Waals surface area contributed by atoms with Gasteiger partial charge in [-0.05, 0) is 11.1 Å². The summed E-state index contributed by atoms with van der Waals surface area (Å²) in [7, 11) is 0. The van der Waals surface area contributed by atoms with Crippen LogP contribution in [0.4, 0.5) is 0 Å². The number of carboxylic acids is 2. The molecule has 0 saturated carbocycles. The van der Waals surface area contributed by atoms with Gasteiger partial charge in [0, 0.05) is 0 Å². The summed E-state index contributed by atoms with van der Waals surface area (Å²) >= 11 is 0. The van der Waals surface area contributed by atoms with Crippen molar-refractivity contribution in [1.29, 1.82) is 0 Å². The fourth-order valence-corrected chi connectivity index (χ4v) is 0.742. The second-order valence-corrected chi connectivity index (χ2v) is 2.15. The number of benzene rings is 1. The Labute approximate surface area is 215 Å². The third-order valence-electron chi connectivity index (χ3n) is 1.36. The molecule has 0 atom stereocenters. The standard InChI is InChI=1S/C8H6O4.3K/c9-7(10)5-1-2-6(4-3-5)8(11)12;;;/h1-4H,(H,9,10)(H,11,12);;;/q;3*+1/p-2. The third kappa shape index (κ3) is 8.73. The summed E-state index contributed by atoms with van der Waals surface area (Å²) in [6, 6.07) is 4.61. The molecular formula is C8H4K3O4+. The smallest absolute Gasteiger partial charge is 0.545 e. The molecule has 7 heteroatoms. The first-order chi connectivity index (χ1) is 5.61. The predicted octanol–water partition coefficient (Wildman–Crippen LogP) is -10.6. The Balaban J connectivity index is -0.000000480. The Bertz CT molecular complexity index is 290. The van der Waals surface area contributed by atoms with E-state index in [1.54, 1.807) is 0 Å². The van der Waals surface area contributed by atoms with E-state index in [0.717, 1.165) is 24.3 Å². The van der Waals surface area contributed by atoms with Gasteiger partial charge in [-0.25, -0.2) is 0 Å². The molecule has 0 spiro atoms. The van der Waals surface area contributed by atoms with Crippen molar-refractivity contribution < 1.29 is 174 Å². The molecular weight excluding hydrogens is 277 g/mol. The van der Waals surface area contributed by atoms with Gasteiger partial charge in [-0.1, -0.05) is 24.3 Å². The van der Waals surface area contributed by atoms with Crippen molar-refractivity contribution >= 4 is 11.9 Å². The molecule has 0 aliphatic rings. The molecule has 0 N–H and O–H groups in total. The molecule has 0 aromatic heterocycles. The first-order valence-electron chi connectivity index (χ1n) is 3.14. The minimum absolute atomic E-state index is 0. The van der Waals surface area contributed by atoms with Gasteiger partial charge in [0.2, 0.25) is 0 Å². The van der Waals surface area contributed by atoms with Crippen LogP contribution in [0.5, 0.6) is 0 Å². The number of rotatable bonds is 2. The molecule has 15 heavy (non-hydrogen) atoms. The molecule has 1 aromatic carbocycles. The van der Waals surface area contributed by atoms with Crippen molar-refractivity contribution in [3.05, 3.63) is 35.4 Å². The van der Waals surface area contributed by atoms with Gasteiger partial charge < -0.3 is 19.8 Å². The maximum absolute atomic E-state index is 10.2. The molecule has 0 aliphatic heterocycles. The molecule has 0 unspecified atom stereocenters. The van der Waals surface area contributed by atoms with E-state index < -0.39 is 11.9 Å². The zero-order chi connectivity index (χ0) is 9.14. The van der Waals surface area contributed by atoms with Crippen LogP contribution < -0.4 is 164 Å². The SMILES string of the molecule is O=C([O-])c1ccc(C(=O)[O-])cc1.[K+].[K+].[K+]. The summed E-state index contributed by atoms with van der Waals surface area (Å²) in [5.41, 5.74) is -0.111. The van der Waals surface area contributed by atoms with Gasteiger partial charge in [0.25, 0.3) is 0 Å². The largest absolute Gasteiger partial charge is 1.00 e. The summed E-state index contributed by atoms with van der Waals surface area (Å²) in [4.78, 5) is 20.4. The summed E-state index contributed by atoms with van der Waals surface area (Å²) < 4.78 is 0. The summed E-state index contributed by atoms with van der Waals surface area (Å²) in [6.07, 6.45) is 0. The number of carboxylic acid groups (broad SMARTS) is 2. The van der Waals surface area contributed by atoms with Gasteiger partial charge in [-0.3, -0.25) is 0 Å². The van der Waals surface area contributed by atoms with E-state index in [4.69, 9.17) is 0 Å². The van der Waals surface area contributed by atoms with Gasteiger partial charge in [0.15, 0.2) is 0 Å². The van der Waals surface area contributed by atoms with E-state index in [9.17, 15) is 19.8 Å². The molecule has 0 radical (unpaired) electrons. The maximum atomic E-state index is 10.2. The number of aromatic carboxylic acids is 2. The Morgan fingerprint density at radius 3 is 1.07 bits per heavy atom. The molecule has 0 heterocycles. The van der Waals surface area contributed by atoms with Crippen molar-refractivity contribution in [2.75, 3.05) is 0 Å². The van der Waals surface area contributed by atoms with Crippen LogP contribution in [-0.2, 0) is 0 Å². The fourth-order valence-electron chi connectivity index (χ4n) is 0.742. The topological polar surface area (TPSA) is 80.3 Å². The maximum Gasteiger partial charge on any atom is 1.00 e. The van der Waals surface area contributed by atoms with Gasteiger partial charge in [-0.15, -0.1) is 0 Å². The fraction of sp³-hybridized carbons (Fsp3) is 0. The van der Waals surface area contributed by atoms with E-state index in [-0.39, 0.29) is 165 Å². The van der Waals surface area contributed by atoms with Crippen molar-refractivity contribution in [3.63, 3.8) is 0 Å². The first-order valence-corrected chi connectivity index (χ1v) is 3.14. The Hall–Kier alpha value is 3.07. The molecule has 1 aromatic rings. The van der Waals surface area contributed by atoms with Crippen LogP contribution in [0.25, 0.3) is 0 Å². The van der Waals surface area contributed by atoms with Crippen LogP contribution in [0.2, 0.25) is 0 Å². The summed E-state index contributed by atoms with van der Waals surface area (Å²) in [5.74, 6) is -2.67. The third-order valence-corrected chi connectivity index (χ3v) is 1.36. The predicted molar refractivity (Wildman–Crippen MR) is 35.1 cm³/mol. The minimum Gasteiger partial charge on any atom is -0.545 e. The van der Waals surface area contributed by atoms with E-state index in [1.165, 1.54) is 0 Å². The monoisotopic (exact) mass is 281 g/mol. The van der Waals surface area contributed by atoms with Crippen LogP contribution in [0.1, 0.15) is 20.7 Å². The Morgan fingerprint density at radius 2 is 0.933 bits per heavy atom. The number of carbonyl (C=O) groups is 2. The van der Waals surface area contributed by atoms with Gasteiger partial charge in [0.1, 0.15) is 0 Å². The number of hydrogen-bond acceptors (Lipinski definition) is 4. The summed E-state index contributed by atoms with van der Waals surface area (Å²) in [5, 5.41) is 20.4. The molecule has 1 rings (SSSR count). The average molecular weight is 281 g/mol. The van der Waals surface area contributed by atoms with E-state index in [0.29, 0.717) is 0 Å². The molecule has 0 amide bonds. The molecule has 0 saturated heterocycles. The molecule has 62 valence electrons. The second-order valence-electron chi connectivity index (χ2n) is 2.15. The minimum atomic E-state index is -1.33. The molecule has 0 bridgehead atoms. The van der Waals surface area contributed by atoms with E-state index in [1.807, 2.05) is 0 Å². The van der Waals surface area contributed by atoms with Crippen LogP contribution >= 0.6 is 0 Å². The van der Waals surface area contributed by atoms with Crippen molar-refractivity contribution in [2.24, 2.45) is 0 Å². The number of hydrogen-bond donors (Lipinski definition) is 0. The van der Waals surface area contributed by atoms with Crippen LogP contribution in [0.3, 0.4) is 0 Å². The normalized spacial score (nSPS) is 7.47. The zero-order valence-electron chi connectivity index (χ0n) is 8.94. The molecule has 4 nitrogen and oxygen atoms in total. The van der Waals surface area contributed by atoms with Gasteiger partial charge >= 0.3 is 154 Å². The van der Waals surface area contributed by atoms with Crippen LogP contribution in [-0.4, -0.2) is 11.9 Å². The summed E-state index contributed by atoms with van der Waals surface area (Å²) in [6.45, 7) is 0. The first kappa shape index (κ1) is 23.2. The average Bonchev–Trinajstić information content (AvgIpc) is 2.04.